The summed E-state index contributed by atoms with van der Waals surface area (Å²) in [4.78, 5) is 10.4. The molecule has 1 aromatic rings. The number of carbonyl (C=O) groups excluding carboxylic acids is 1. The van der Waals surface area contributed by atoms with Gasteiger partial charge in [-0.05, 0) is 28.1 Å². The Kier molecular flexibility index (Phi) is 2.52. The highest BCUT2D eigenvalue weighted by Crippen LogP contribution is 2.30. The van der Waals surface area contributed by atoms with Crippen LogP contribution >= 0.6 is 27.5 Å². The minimum Gasteiger partial charge on any atom is -0.507 e. The quantitative estimate of drug-likeness (QED) is 0.760. The molecule has 0 fully saturated rings. The number of carbonyl (C=O) groups is 1. The van der Waals surface area contributed by atoms with Crippen LogP contribution in [0, 0.1) is 0 Å². The van der Waals surface area contributed by atoms with Crippen molar-refractivity contribution in [2.75, 3.05) is 0 Å². The van der Waals surface area contributed by atoms with Gasteiger partial charge in [0.2, 0.25) is 0 Å². The zero-order valence-corrected chi connectivity index (χ0v) is 7.69. The first-order valence-electron chi connectivity index (χ1n) is 2.79. The number of rotatable bonds is 1. The summed E-state index contributed by atoms with van der Waals surface area (Å²) >= 11 is 8.72. The van der Waals surface area contributed by atoms with Crippen molar-refractivity contribution < 1.29 is 9.90 Å². The number of aromatic hydroxyl groups is 1. The Labute approximate surface area is 76.9 Å². The van der Waals surface area contributed by atoms with Gasteiger partial charge in [0.1, 0.15) is 5.75 Å². The molecule has 0 bridgehead atoms. The van der Waals surface area contributed by atoms with Crippen molar-refractivity contribution >= 4 is 33.8 Å². The highest BCUT2D eigenvalue weighted by Gasteiger charge is 2.07. The molecule has 0 aliphatic heterocycles. The van der Waals surface area contributed by atoms with E-state index in [4.69, 9.17) is 16.7 Å². The second-order valence-corrected chi connectivity index (χ2v) is 3.11. The smallest absolute Gasteiger partial charge is 0.154 e. The number of aldehydes is 1. The van der Waals surface area contributed by atoms with Crippen LogP contribution in [0.3, 0.4) is 0 Å². The van der Waals surface area contributed by atoms with Crippen LogP contribution in [0.4, 0.5) is 0 Å². The summed E-state index contributed by atoms with van der Waals surface area (Å²) < 4.78 is 0.425. The molecule has 1 rings (SSSR count). The van der Waals surface area contributed by atoms with Crippen LogP contribution < -0.4 is 0 Å². The molecular formula is C7H4BrClO2. The lowest BCUT2D eigenvalue weighted by molar-refractivity contribution is 0.112. The molecule has 58 valence electrons. The first kappa shape index (κ1) is 8.56. The molecule has 0 aromatic heterocycles. The third kappa shape index (κ3) is 1.54. The molecule has 4 heteroatoms. The van der Waals surface area contributed by atoms with Crippen molar-refractivity contribution in [3.63, 3.8) is 0 Å². The van der Waals surface area contributed by atoms with Gasteiger partial charge in [0, 0.05) is 0 Å². The summed E-state index contributed by atoms with van der Waals surface area (Å²) in [6.07, 6.45) is 0.547. The van der Waals surface area contributed by atoms with Gasteiger partial charge in [-0.25, -0.2) is 0 Å². The van der Waals surface area contributed by atoms with E-state index in [2.05, 4.69) is 15.9 Å². The van der Waals surface area contributed by atoms with Crippen LogP contribution in [-0.2, 0) is 0 Å². The zero-order chi connectivity index (χ0) is 8.43. The third-order valence-electron chi connectivity index (χ3n) is 1.23. The molecule has 2 nitrogen and oxygen atoms in total. The van der Waals surface area contributed by atoms with Crippen LogP contribution in [0.1, 0.15) is 10.4 Å². The monoisotopic (exact) mass is 234 g/mol. The first-order chi connectivity index (χ1) is 5.16. The van der Waals surface area contributed by atoms with Crippen LogP contribution in [0.25, 0.3) is 0 Å². The minimum atomic E-state index is -0.0729. The summed E-state index contributed by atoms with van der Waals surface area (Å²) in [6, 6.07) is 2.88. The fourth-order valence-electron chi connectivity index (χ4n) is 0.668. The van der Waals surface area contributed by atoms with E-state index in [-0.39, 0.29) is 11.3 Å². The molecule has 0 aliphatic rings. The standard InChI is InChI=1S/C7H4BrClO2/c8-7-4(3-10)6(11)2-1-5(7)9/h1-3,11H. The van der Waals surface area contributed by atoms with Gasteiger partial charge in [-0.1, -0.05) is 11.6 Å². The van der Waals surface area contributed by atoms with E-state index in [0.717, 1.165) is 0 Å². The Hall–Kier alpha value is -0.540. The van der Waals surface area contributed by atoms with Gasteiger partial charge in [0.25, 0.3) is 0 Å². The average Bonchev–Trinajstić information content (AvgIpc) is 1.99. The topological polar surface area (TPSA) is 37.3 Å². The van der Waals surface area contributed by atoms with Crippen LogP contribution in [0.15, 0.2) is 16.6 Å². The van der Waals surface area contributed by atoms with Crippen molar-refractivity contribution in [3.8, 4) is 5.75 Å². The Morgan fingerprint density at radius 1 is 1.55 bits per heavy atom. The number of halogens is 2. The van der Waals surface area contributed by atoms with Gasteiger partial charge < -0.3 is 5.11 Å². The van der Waals surface area contributed by atoms with Crippen molar-refractivity contribution in [3.05, 3.63) is 27.2 Å². The van der Waals surface area contributed by atoms with Crippen molar-refractivity contribution in [2.45, 2.75) is 0 Å². The Morgan fingerprint density at radius 2 is 2.18 bits per heavy atom. The van der Waals surface area contributed by atoms with E-state index in [9.17, 15) is 4.79 Å². The maximum Gasteiger partial charge on any atom is 0.154 e. The Morgan fingerprint density at radius 3 is 2.64 bits per heavy atom. The van der Waals surface area contributed by atoms with Crippen molar-refractivity contribution in [1.82, 2.24) is 0 Å². The molecule has 0 unspecified atom stereocenters. The normalized spacial score (nSPS) is 9.64. The van der Waals surface area contributed by atoms with E-state index in [1.165, 1.54) is 12.1 Å². The van der Waals surface area contributed by atoms with Gasteiger partial charge in [0.15, 0.2) is 6.29 Å². The van der Waals surface area contributed by atoms with Crippen molar-refractivity contribution in [1.29, 1.82) is 0 Å². The molecular weight excluding hydrogens is 231 g/mol. The van der Waals surface area contributed by atoms with E-state index >= 15 is 0 Å². The van der Waals surface area contributed by atoms with Gasteiger partial charge in [-0.15, -0.1) is 0 Å². The van der Waals surface area contributed by atoms with E-state index in [1.54, 1.807) is 0 Å². The van der Waals surface area contributed by atoms with Gasteiger partial charge in [-0.2, -0.15) is 0 Å². The summed E-state index contributed by atoms with van der Waals surface area (Å²) in [5, 5.41) is 9.50. The lowest BCUT2D eigenvalue weighted by Crippen LogP contribution is -1.83. The average molecular weight is 235 g/mol. The van der Waals surface area contributed by atoms with Crippen LogP contribution in [-0.4, -0.2) is 11.4 Å². The maximum absolute atomic E-state index is 10.4. The lowest BCUT2D eigenvalue weighted by atomic mass is 10.2. The van der Waals surface area contributed by atoms with E-state index in [0.29, 0.717) is 15.8 Å². The van der Waals surface area contributed by atoms with Gasteiger partial charge in [-0.3, -0.25) is 4.79 Å². The molecule has 11 heavy (non-hydrogen) atoms. The Balaban J connectivity index is 3.40. The largest absolute Gasteiger partial charge is 0.507 e. The van der Waals surface area contributed by atoms with E-state index < -0.39 is 0 Å². The molecule has 0 amide bonds. The second kappa shape index (κ2) is 3.24. The van der Waals surface area contributed by atoms with Crippen molar-refractivity contribution in [2.24, 2.45) is 0 Å². The highest BCUT2D eigenvalue weighted by atomic mass is 79.9. The molecule has 0 saturated carbocycles. The Bertz CT molecular complexity index is 299. The molecule has 0 saturated heterocycles. The maximum atomic E-state index is 10.4. The highest BCUT2D eigenvalue weighted by molar-refractivity contribution is 9.10. The fraction of sp³-hybridized carbons (Fsp3) is 0. The minimum absolute atomic E-state index is 0.0729. The SMILES string of the molecule is O=Cc1c(O)ccc(Cl)c1Br. The molecule has 0 heterocycles. The lowest BCUT2D eigenvalue weighted by Gasteiger charge is -2.00. The molecule has 0 radical (unpaired) electrons. The first-order valence-corrected chi connectivity index (χ1v) is 3.96. The summed E-state index contributed by atoms with van der Waals surface area (Å²) in [5.74, 6) is -0.0729. The van der Waals surface area contributed by atoms with E-state index in [1.807, 2.05) is 0 Å². The molecule has 0 atom stereocenters. The molecule has 0 spiro atoms. The predicted molar refractivity (Wildman–Crippen MR) is 46.2 cm³/mol. The molecule has 1 N–H and O–H groups in total. The molecule has 1 aromatic carbocycles. The van der Waals surface area contributed by atoms with Gasteiger partial charge >= 0.3 is 0 Å². The summed E-state index contributed by atoms with van der Waals surface area (Å²) in [6.45, 7) is 0. The second-order valence-electron chi connectivity index (χ2n) is 1.91. The predicted octanol–water partition coefficient (Wildman–Crippen LogP) is 2.62. The number of hydrogen-bond donors (Lipinski definition) is 1. The number of phenolic OH excluding ortho intramolecular Hbond substituents is 1. The van der Waals surface area contributed by atoms with Crippen LogP contribution in [0.5, 0.6) is 5.75 Å². The summed E-state index contributed by atoms with van der Waals surface area (Å²) in [7, 11) is 0. The zero-order valence-electron chi connectivity index (χ0n) is 5.34. The number of benzene rings is 1. The number of phenols is 1. The number of hydrogen-bond acceptors (Lipinski definition) is 2. The fourth-order valence-corrected chi connectivity index (χ4v) is 1.26. The van der Waals surface area contributed by atoms with Gasteiger partial charge in [0.05, 0.1) is 15.1 Å². The third-order valence-corrected chi connectivity index (χ3v) is 2.63. The molecule has 0 aliphatic carbocycles. The summed E-state index contributed by atoms with van der Waals surface area (Å²) in [5.41, 5.74) is 0.178. The van der Waals surface area contributed by atoms with Crippen LogP contribution in [0.2, 0.25) is 5.02 Å².